The molecule has 0 aliphatic heterocycles. The molecule has 5 N–H and O–H groups in total. The predicted molar refractivity (Wildman–Crippen MR) is 114 cm³/mol. The fraction of sp³-hybridized carbons (Fsp3) is 0.364. The van der Waals surface area contributed by atoms with E-state index in [4.69, 9.17) is 5.73 Å². The SMILES string of the molecule is Cc1ccc(NC(=O)[C@H](CCCCN)NC(=O)CNc2cccc(C)c2)cc1. The van der Waals surface area contributed by atoms with Crippen molar-refractivity contribution in [3.05, 3.63) is 59.7 Å². The zero-order valence-corrected chi connectivity index (χ0v) is 16.6. The summed E-state index contributed by atoms with van der Waals surface area (Å²) >= 11 is 0. The zero-order chi connectivity index (χ0) is 20.4. The molecule has 2 aromatic carbocycles. The molecule has 2 rings (SSSR count). The number of aryl methyl sites for hydroxylation is 2. The number of amides is 2. The molecule has 0 saturated heterocycles. The van der Waals surface area contributed by atoms with E-state index in [1.54, 1.807) is 0 Å². The van der Waals surface area contributed by atoms with Gasteiger partial charge in [0.25, 0.3) is 0 Å². The van der Waals surface area contributed by atoms with Crippen LogP contribution in [0.1, 0.15) is 30.4 Å². The third-order valence-electron chi connectivity index (χ3n) is 4.39. The summed E-state index contributed by atoms with van der Waals surface area (Å²) in [5.41, 5.74) is 9.38. The molecule has 150 valence electrons. The zero-order valence-electron chi connectivity index (χ0n) is 16.6. The van der Waals surface area contributed by atoms with E-state index in [2.05, 4.69) is 16.0 Å². The third-order valence-corrected chi connectivity index (χ3v) is 4.39. The summed E-state index contributed by atoms with van der Waals surface area (Å²) in [7, 11) is 0. The van der Waals surface area contributed by atoms with Gasteiger partial charge in [0.15, 0.2) is 0 Å². The van der Waals surface area contributed by atoms with Crippen LogP contribution in [0.15, 0.2) is 48.5 Å². The number of unbranched alkanes of at least 4 members (excludes halogenated alkanes) is 1. The minimum absolute atomic E-state index is 0.106. The molecule has 0 aliphatic carbocycles. The van der Waals surface area contributed by atoms with Crippen LogP contribution in [0.4, 0.5) is 11.4 Å². The van der Waals surface area contributed by atoms with Gasteiger partial charge in [-0.15, -0.1) is 0 Å². The average molecular weight is 383 g/mol. The van der Waals surface area contributed by atoms with Crippen molar-refractivity contribution in [1.29, 1.82) is 0 Å². The van der Waals surface area contributed by atoms with Gasteiger partial charge < -0.3 is 21.7 Å². The number of benzene rings is 2. The first-order chi connectivity index (χ1) is 13.5. The first-order valence-corrected chi connectivity index (χ1v) is 9.65. The van der Waals surface area contributed by atoms with Gasteiger partial charge >= 0.3 is 0 Å². The summed E-state index contributed by atoms with van der Waals surface area (Å²) in [5.74, 6) is -0.442. The van der Waals surface area contributed by atoms with Crippen LogP contribution in [0.25, 0.3) is 0 Å². The van der Waals surface area contributed by atoms with Crippen molar-refractivity contribution >= 4 is 23.2 Å². The van der Waals surface area contributed by atoms with E-state index in [1.165, 1.54) is 0 Å². The lowest BCUT2D eigenvalue weighted by atomic mass is 10.1. The summed E-state index contributed by atoms with van der Waals surface area (Å²) in [4.78, 5) is 25.0. The topological polar surface area (TPSA) is 96.2 Å². The van der Waals surface area contributed by atoms with Crippen LogP contribution in [-0.2, 0) is 9.59 Å². The Morgan fingerprint density at radius 2 is 1.71 bits per heavy atom. The van der Waals surface area contributed by atoms with Crippen LogP contribution in [-0.4, -0.2) is 30.9 Å². The normalized spacial score (nSPS) is 11.5. The summed E-state index contributed by atoms with van der Waals surface area (Å²) in [6.45, 7) is 4.65. The Morgan fingerprint density at radius 1 is 0.964 bits per heavy atom. The Balaban J connectivity index is 1.93. The molecular formula is C22H30N4O2. The van der Waals surface area contributed by atoms with E-state index in [9.17, 15) is 9.59 Å². The van der Waals surface area contributed by atoms with Gasteiger partial charge in [-0.05, 0) is 69.5 Å². The van der Waals surface area contributed by atoms with E-state index in [0.29, 0.717) is 18.7 Å². The molecule has 6 heteroatoms. The van der Waals surface area contributed by atoms with E-state index in [1.807, 2.05) is 62.4 Å². The second kappa shape index (κ2) is 11.1. The average Bonchev–Trinajstić information content (AvgIpc) is 2.67. The van der Waals surface area contributed by atoms with Crippen molar-refractivity contribution in [3.63, 3.8) is 0 Å². The highest BCUT2D eigenvalue weighted by atomic mass is 16.2. The van der Waals surface area contributed by atoms with E-state index in [0.717, 1.165) is 29.7 Å². The molecular weight excluding hydrogens is 352 g/mol. The molecule has 0 fully saturated rings. The van der Waals surface area contributed by atoms with Gasteiger partial charge in [-0.2, -0.15) is 0 Å². The number of anilines is 2. The minimum Gasteiger partial charge on any atom is -0.376 e. The van der Waals surface area contributed by atoms with Gasteiger partial charge in [0.1, 0.15) is 6.04 Å². The minimum atomic E-state index is -0.598. The number of hydrogen-bond acceptors (Lipinski definition) is 4. The van der Waals surface area contributed by atoms with Crippen molar-refractivity contribution in [1.82, 2.24) is 5.32 Å². The number of carbonyl (C=O) groups excluding carboxylic acids is 2. The lowest BCUT2D eigenvalue weighted by Gasteiger charge is -2.19. The molecule has 0 aliphatic rings. The highest BCUT2D eigenvalue weighted by molar-refractivity contribution is 5.97. The largest absolute Gasteiger partial charge is 0.376 e. The van der Waals surface area contributed by atoms with E-state index >= 15 is 0 Å². The van der Waals surface area contributed by atoms with Crippen molar-refractivity contribution in [2.24, 2.45) is 5.73 Å². The summed E-state index contributed by atoms with van der Waals surface area (Å²) < 4.78 is 0. The first kappa shape index (κ1) is 21.4. The Kier molecular flexibility index (Phi) is 8.49. The van der Waals surface area contributed by atoms with Crippen molar-refractivity contribution in [3.8, 4) is 0 Å². The number of rotatable bonds is 10. The standard InChI is InChI=1S/C22H30N4O2/c1-16-9-11-18(12-10-16)25-22(28)20(8-3-4-13-23)26-21(27)15-24-19-7-5-6-17(2)14-19/h5-7,9-12,14,20,24H,3-4,8,13,15,23H2,1-2H3,(H,25,28)(H,26,27)/t20-/m0/s1. The van der Waals surface area contributed by atoms with Crippen molar-refractivity contribution < 1.29 is 9.59 Å². The van der Waals surface area contributed by atoms with Crippen LogP contribution in [0.5, 0.6) is 0 Å². The van der Waals surface area contributed by atoms with Crippen LogP contribution in [0, 0.1) is 13.8 Å². The Bertz CT molecular complexity index is 774. The smallest absolute Gasteiger partial charge is 0.246 e. The molecule has 0 bridgehead atoms. The molecule has 0 unspecified atom stereocenters. The van der Waals surface area contributed by atoms with Crippen LogP contribution in [0.2, 0.25) is 0 Å². The number of hydrogen-bond donors (Lipinski definition) is 4. The van der Waals surface area contributed by atoms with Gasteiger partial charge in [0.2, 0.25) is 11.8 Å². The molecule has 2 amide bonds. The van der Waals surface area contributed by atoms with Crippen LogP contribution in [0.3, 0.4) is 0 Å². The maximum atomic E-state index is 12.7. The first-order valence-electron chi connectivity index (χ1n) is 9.65. The highest BCUT2D eigenvalue weighted by Gasteiger charge is 2.20. The lowest BCUT2D eigenvalue weighted by molar-refractivity contribution is -0.125. The van der Waals surface area contributed by atoms with Gasteiger partial charge in [-0.1, -0.05) is 29.8 Å². The number of nitrogens with one attached hydrogen (secondary N) is 3. The van der Waals surface area contributed by atoms with E-state index in [-0.39, 0.29) is 18.4 Å². The molecule has 0 saturated carbocycles. The second-order valence-corrected chi connectivity index (χ2v) is 6.98. The lowest BCUT2D eigenvalue weighted by Crippen LogP contribution is -2.45. The summed E-state index contributed by atoms with van der Waals surface area (Å²) in [6.07, 6.45) is 2.13. The fourth-order valence-electron chi connectivity index (χ4n) is 2.81. The van der Waals surface area contributed by atoms with Gasteiger partial charge in [0, 0.05) is 11.4 Å². The Hall–Kier alpha value is -2.86. The predicted octanol–water partition coefficient (Wildman–Crippen LogP) is 2.97. The van der Waals surface area contributed by atoms with Crippen molar-refractivity contribution in [2.75, 3.05) is 23.7 Å². The van der Waals surface area contributed by atoms with Gasteiger partial charge in [-0.3, -0.25) is 9.59 Å². The molecule has 6 nitrogen and oxygen atoms in total. The highest BCUT2D eigenvalue weighted by Crippen LogP contribution is 2.11. The third kappa shape index (κ3) is 7.40. The molecule has 2 aromatic rings. The molecule has 1 atom stereocenters. The van der Waals surface area contributed by atoms with Gasteiger partial charge in [-0.25, -0.2) is 0 Å². The van der Waals surface area contributed by atoms with E-state index < -0.39 is 6.04 Å². The van der Waals surface area contributed by atoms with Crippen molar-refractivity contribution in [2.45, 2.75) is 39.2 Å². The maximum Gasteiger partial charge on any atom is 0.246 e. The fourth-order valence-corrected chi connectivity index (χ4v) is 2.81. The molecule has 0 aromatic heterocycles. The molecule has 28 heavy (non-hydrogen) atoms. The molecule has 0 spiro atoms. The molecule has 0 heterocycles. The number of nitrogens with two attached hydrogens (primary N) is 1. The second-order valence-electron chi connectivity index (χ2n) is 6.98. The molecule has 0 radical (unpaired) electrons. The summed E-state index contributed by atoms with van der Waals surface area (Å²) in [5, 5.41) is 8.80. The quantitative estimate of drug-likeness (QED) is 0.475. The van der Waals surface area contributed by atoms with Crippen LogP contribution < -0.4 is 21.7 Å². The Morgan fingerprint density at radius 3 is 2.39 bits per heavy atom. The maximum absolute atomic E-state index is 12.7. The number of carbonyl (C=O) groups is 2. The monoisotopic (exact) mass is 382 g/mol. The van der Waals surface area contributed by atoms with Gasteiger partial charge in [0.05, 0.1) is 6.54 Å². The summed E-state index contributed by atoms with van der Waals surface area (Å²) in [6, 6.07) is 14.8. The van der Waals surface area contributed by atoms with Crippen LogP contribution >= 0.6 is 0 Å². The Labute approximate surface area is 166 Å².